The Morgan fingerprint density at radius 2 is 1.57 bits per heavy atom. The molecule has 1 aliphatic rings. The summed E-state index contributed by atoms with van der Waals surface area (Å²) in [6.07, 6.45) is 0.552. The number of likely N-dealkylation sites (tertiary alicyclic amines) is 1. The van der Waals surface area contributed by atoms with Crippen LogP contribution in [0.1, 0.15) is 87.4 Å². The van der Waals surface area contributed by atoms with Crippen LogP contribution in [0.3, 0.4) is 0 Å². The Bertz CT molecular complexity index is 1350. The summed E-state index contributed by atoms with van der Waals surface area (Å²) in [5, 5.41) is 54.9. The molecule has 1 aromatic carbocycles. The van der Waals surface area contributed by atoms with Gasteiger partial charge in [0.15, 0.2) is 0 Å². The van der Waals surface area contributed by atoms with Gasteiger partial charge in [-0.1, -0.05) is 37.3 Å². The highest BCUT2D eigenvalue weighted by atomic mass is 35.5. The number of amides is 3. The fourth-order valence-electron chi connectivity index (χ4n) is 6.15. The Morgan fingerprint density at radius 3 is 2.22 bits per heavy atom. The Morgan fingerprint density at radius 1 is 0.963 bits per heavy atom. The Hall–Kier alpha value is -2.57. The number of aliphatic hydroxyl groups is 5. The summed E-state index contributed by atoms with van der Waals surface area (Å²) in [5.41, 5.74) is 6.52. The van der Waals surface area contributed by atoms with Crippen LogP contribution in [0.5, 0.6) is 5.75 Å². The van der Waals surface area contributed by atoms with Crippen molar-refractivity contribution in [3.05, 3.63) is 22.7 Å². The highest BCUT2D eigenvalue weighted by molar-refractivity contribution is 7.51. The Kier molecular flexibility index (Phi) is 21.9. The lowest BCUT2D eigenvalue weighted by molar-refractivity contribution is -0.139. The van der Waals surface area contributed by atoms with Crippen LogP contribution in [0.15, 0.2) is 12.1 Å². The van der Waals surface area contributed by atoms with Gasteiger partial charge in [-0.15, -0.1) is 0 Å². The molecule has 0 spiro atoms. The van der Waals surface area contributed by atoms with E-state index in [2.05, 4.69) is 15.5 Å². The topological polar surface area (TPSA) is 276 Å². The summed E-state index contributed by atoms with van der Waals surface area (Å²) >= 11 is 6.11. The fourth-order valence-corrected chi connectivity index (χ4v) is 6.81. The molecule has 54 heavy (non-hydrogen) atoms. The van der Waals surface area contributed by atoms with Crippen LogP contribution in [0.4, 0.5) is 5.69 Å². The number of aliphatic hydroxyl groups excluding tert-OH is 5. The monoisotopic (exact) mass is 809 g/mol. The minimum Gasteiger partial charge on any atom is -0.496 e. The summed E-state index contributed by atoms with van der Waals surface area (Å²) < 4.78 is 16.7. The average Bonchev–Trinajstić information content (AvgIpc) is 3.14. The molecule has 1 fully saturated rings. The number of nitrogens with two attached hydrogens (primary N) is 1. The number of nitrogens with zero attached hydrogens (tertiary/aromatic N) is 2. The smallest absolute Gasteiger partial charge is 0.327 e. The van der Waals surface area contributed by atoms with Crippen LogP contribution >= 0.6 is 19.2 Å². The predicted molar refractivity (Wildman–Crippen MR) is 203 cm³/mol. The van der Waals surface area contributed by atoms with E-state index >= 15 is 0 Å². The molecule has 1 heterocycles. The van der Waals surface area contributed by atoms with Crippen LogP contribution in [0, 0.1) is 0 Å². The van der Waals surface area contributed by atoms with Crippen molar-refractivity contribution in [2.45, 2.75) is 108 Å². The zero-order chi connectivity index (χ0) is 40.3. The lowest BCUT2D eigenvalue weighted by Crippen LogP contribution is -2.51. The van der Waals surface area contributed by atoms with E-state index in [1.165, 1.54) is 13.2 Å². The van der Waals surface area contributed by atoms with E-state index in [4.69, 9.17) is 27.2 Å². The average molecular weight is 810 g/mol. The number of benzene rings is 1. The lowest BCUT2D eigenvalue weighted by Gasteiger charge is -2.32. The van der Waals surface area contributed by atoms with Gasteiger partial charge in [-0.05, 0) is 51.1 Å². The van der Waals surface area contributed by atoms with Gasteiger partial charge in [0.1, 0.15) is 30.2 Å². The molecular weight excluding hydrogens is 749 g/mol. The number of halogens is 1. The van der Waals surface area contributed by atoms with Crippen LogP contribution in [0.25, 0.3) is 0 Å². The first-order valence-electron chi connectivity index (χ1n) is 18.6. The first-order chi connectivity index (χ1) is 25.6. The van der Waals surface area contributed by atoms with Gasteiger partial charge in [0.05, 0.1) is 36.2 Å². The number of piperidine rings is 1. The van der Waals surface area contributed by atoms with Gasteiger partial charge in [-0.3, -0.25) is 18.9 Å². The van der Waals surface area contributed by atoms with E-state index in [0.29, 0.717) is 47.8 Å². The maximum absolute atomic E-state index is 12.8. The summed E-state index contributed by atoms with van der Waals surface area (Å²) in [7, 11) is -2.98. The molecule has 11 N–H and O–H groups in total. The van der Waals surface area contributed by atoms with Crippen LogP contribution in [-0.4, -0.2) is 152 Å². The van der Waals surface area contributed by atoms with Gasteiger partial charge in [0.2, 0.25) is 11.8 Å². The molecule has 0 unspecified atom stereocenters. The van der Waals surface area contributed by atoms with Crippen molar-refractivity contribution in [2.75, 3.05) is 64.9 Å². The van der Waals surface area contributed by atoms with Crippen molar-refractivity contribution >= 4 is 42.6 Å². The summed E-state index contributed by atoms with van der Waals surface area (Å²) in [5.74, 6) is -0.342. The molecule has 17 nitrogen and oxygen atoms in total. The van der Waals surface area contributed by atoms with Gasteiger partial charge < -0.3 is 66.2 Å². The second-order valence-corrected chi connectivity index (χ2v) is 16.1. The minimum absolute atomic E-state index is 0.0114. The highest BCUT2D eigenvalue weighted by Crippen LogP contribution is 2.34. The van der Waals surface area contributed by atoms with Crippen molar-refractivity contribution < 1.29 is 59.0 Å². The molecule has 310 valence electrons. The normalized spacial score (nSPS) is 16.3. The van der Waals surface area contributed by atoms with E-state index in [1.807, 2.05) is 0 Å². The van der Waals surface area contributed by atoms with Crippen molar-refractivity contribution in [1.29, 1.82) is 0 Å². The molecule has 19 heteroatoms. The maximum atomic E-state index is 12.8. The number of methoxy groups -OCH3 is 1. The Labute approximate surface area is 322 Å². The largest absolute Gasteiger partial charge is 0.496 e. The number of rotatable bonds is 26. The van der Waals surface area contributed by atoms with E-state index in [9.17, 15) is 49.2 Å². The molecule has 0 aromatic heterocycles. The zero-order valence-corrected chi connectivity index (χ0v) is 32.8. The molecule has 3 amide bonds. The number of ether oxygens (including phenoxy) is 1. The SMILES string of the molecule is COc1cc(N)c(Cl)cc1C(=O)NC1CCN(CCCCCC(=O)NCCCCCCCC(=O)N(CCP(=O)(O)O)C[C@H](O)[C@@H](O)[C@H](O)[C@H](O)CO)CC1. The number of anilines is 1. The molecule has 0 bridgehead atoms. The molecule has 1 aromatic rings. The van der Waals surface area contributed by atoms with Gasteiger partial charge in [-0.2, -0.15) is 0 Å². The fraction of sp³-hybridized carbons (Fsp3) is 0.743. The summed E-state index contributed by atoms with van der Waals surface area (Å²) in [6, 6.07) is 3.12. The molecule has 0 aliphatic carbocycles. The molecule has 0 saturated carbocycles. The lowest BCUT2D eigenvalue weighted by atomic mass is 10.0. The molecule has 1 saturated heterocycles. The number of nitrogens with one attached hydrogen (secondary N) is 2. The van der Waals surface area contributed by atoms with E-state index in [0.717, 1.165) is 75.9 Å². The first-order valence-corrected chi connectivity index (χ1v) is 20.8. The summed E-state index contributed by atoms with van der Waals surface area (Å²) in [4.78, 5) is 59.7. The van der Waals surface area contributed by atoms with Gasteiger partial charge >= 0.3 is 7.60 Å². The van der Waals surface area contributed by atoms with Crippen LogP contribution < -0.4 is 21.1 Å². The molecular formula is C35H61ClN5O12P. The minimum atomic E-state index is -4.46. The third-order valence-corrected chi connectivity index (χ3v) is 10.6. The van der Waals surface area contributed by atoms with Crippen molar-refractivity contribution in [2.24, 2.45) is 0 Å². The zero-order valence-electron chi connectivity index (χ0n) is 31.2. The number of unbranched alkanes of at least 4 members (excludes halogenated alkanes) is 6. The molecule has 1 aliphatic heterocycles. The van der Waals surface area contributed by atoms with E-state index < -0.39 is 57.2 Å². The standard InChI is InChI=1S/C35H61ClN5O12P/c1-53-30-21-27(37)26(36)20-25(30)35(49)39-24-12-16-40(17-13-24)15-9-5-6-10-31(45)38-14-8-4-2-3-7-11-32(46)41(18-19-54(50,51)52)22-28(43)33(47)34(48)29(44)23-42/h20-21,24,28-29,33-34,42-44,47-48H,2-19,22-23,37H2,1H3,(H,38,45)(H,39,49)(H2,50,51,52)/t28-,29+,33+,34+/m0/s1. The number of hydrogen-bond acceptors (Lipinski definition) is 12. The Balaban J connectivity index is 1.54. The van der Waals surface area contributed by atoms with Gasteiger partial charge in [0, 0.05) is 57.7 Å². The van der Waals surface area contributed by atoms with E-state index in [-0.39, 0.29) is 30.8 Å². The third kappa shape index (κ3) is 17.9. The van der Waals surface area contributed by atoms with E-state index in [1.54, 1.807) is 6.07 Å². The van der Waals surface area contributed by atoms with Crippen LogP contribution in [0.2, 0.25) is 5.02 Å². The second kappa shape index (κ2) is 24.8. The van der Waals surface area contributed by atoms with Gasteiger partial charge in [0.25, 0.3) is 5.91 Å². The second-order valence-electron chi connectivity index (χ2n) is 13.9. The van der Waals surface area contributed by atoms with Crippen molar-refractivity contribution in [1.82, 2.24) is 20.4 Å². The third-order valence-electron chi connectivity index (χ3n) is 9.50. The number of nitrogen functional groups attached to an aromatic ring is 1. The predicted octanol–water partition coefficient (Wildman–Crippen LogP) is 0.584. The number of hydrogen-bond donors (Lipinski definition) is 10. The highest BCUT2D eigenvalue weighted by Gasteiger charge is 2.32. The number of carbonyl (C=O) groups is 3. The quantitative estimate of drug-likeness (QED) is 0.0349. The molecule has 0 radical (unpaired) electrons. The van der Waals surface area contributed by atoms with Crippen LogP contribution in [-0.2, 0) is 14.2 Å². The number of carbonyl (C=O) groups excluding carboxylic acids is 3. The maximum Gasteiger partial charge on any atom is 0.327 e. The molecule has 4 atom stereocenters. The molecule has 2 rings (SSSR count). The van der Waals surface area contributed by atoms with Crippen molar-refractivity contribution in [3.63, 3.8) is 0 Å². The summed E-state index contributed by atoms with van der Waals surface area (Å²) in [6.45, 7) is 1.46. The van der Waals surface area contributed by atoms with Gasteiger partial charge in [-0.25, -0.2) is 0 Å². The first kappa shape index (κ1) is 47.6. The van der Waals surface area contributed by atoms with Crippen molar-refractivity contribution in [3.8, 4) is 5.75 Å².